The van der Waals surface area contributed by atoms with Gasteiger partial charge in [-0.3, -0.25) is 9.59 Å². The molecule has 0 fully saturated rings. The van der Waals surface area contributed by atoms with Crippen molar-refractivity contribution >= 4 is 33.4 Å². The summed E-state index contributed by atoms with van der Waals surface area (Å²) in [4.78, 5) is 26.6. The molecule has 6 nitrogen and oxygen atoms in total. The smallest absolute Gasteiger partial charge is 0.264 e. The fraction of sp³-hybridized carbons (Fsp3) is 0.143. The summed E-state index contributed by atoms with van der Waals surface area (Å²) >= 11 is 3.38. The highest BCUT2D eigenvalue weighted by atomic mass is 79.9. The average Bonchev–Trinajstić information content (AvgIpc) is 3.24. The number of hydrogen-bond acceptors (Lipinski definition) is 4. The summed E-state index contributed by atoms with van der Waals surface area (Å²) in [5.41, 5.74) is 0.894. The molecule has 0 atom stereocenters. The molecule has 0 bridgehead atoms. The van der Waals surface area contributed by atoms with E-state index < -0.39 is 0 Å². The minimum atomic E-state index is -0.293. The van der Waals surface area contributed by atoms with Gasteiger partial charge in [-0.1, -0.05) is 24.3 Å². The molecule has 3 rings (SSSR count). The summed E-state index contributed by atoms with van der Waals surface area (Å²) in [6, 6.07) is 17.8. The predicted octanol–water partition coefficient (Wildman–Crippen LogP) is 4.01. The first kappa shape index (κ1) is 19.7. The van der Waals surface area contributed by atoms with Crippen molar-refractivity contribution < 1.29 is 18.7 Å². The second-order valence-electron chi connectivity index (χ2n) is 5.95. The number of hydrogen-bond donors (Lipinski definition) is 1. The first-order valence-corrected chi connectivity index (χ1v) is 9.39. The maximum Gasteiger partial charge on any atom is 0.264 e. The van der Waals surface area contributed by atoms with Gasteiger partial charge >= 0.3 is 0 Å². The number of nitrogens with one attached hydrogen (secondary N) is 1. The molecule has 0 unspecified atom stereocenters. The van der Waals surface area contributed by atoms with Gasteiger partial charge in [-0.15, -0.1) is 0 Å². The van der Waals surface area contributed by atoms with Gasteiger partial charge in [0.1, 0.15) is 11.5 Å². The monoisotopic (exact) mass is 442 g/mol. The number of carbonyl (C=O) groups excluding carboxylic acids is 2. The van der Waals surface area contributed by atoms with E-state index in [1.54, 1.807) is 55.8 Å². The van der Waals surface area contributed by atoms with Gasteiger partial charge in [-0.25, -0.2) is 0 Å². The second kappa shape index (κ2) is 9.23. The highest BCUT2D eigenvalue weighted by molar-refractivity contribution is 9.10. The second-order valence-corrected chi connectivity index (χ2v) is 6.81. The molecule has 144 valence electrons. The molecule has 0 aliphatic rings. The number of anilines is 1. The van der Waals surface area contributed by atoms with Crippen LogP contribution in [0, 0.1) is 0 Å². The van der Waals surface area contributed by atoms with Gasteiger partial charge in [0.25, 0.3) is 11.8 Å². The molecule has 1 aromatic heterocycles. The Bertz CT molecular complexity index is 957. The molecule has 2 aromatic carbocycles. The van der Waals surface area contributed by atoms with Crippen LogP contribution in [-0.2, 0) is 11.3 Å². The Hall–Kier alpha value is -3.06. The van der Waals surface area contributed by atoms with Crippen LogP contribution in [-0.4, -0.2) is 25.5 Å². The first-order chi connectivity index (χ1) is 13.6. The van der Waals surface area contributed by atoms with E-state index in [9.17, 15) is 9.59 Å². The number of para-hydroxylation sites is 2. The third-order valence-electron chi connectivity index (χ3n) is 4.08. The van der Waals surface area contributed by atoms with Crippen molar-refractivity contribution in [2.24, 2.45) is 0 Å². The Kier molecular flexibility index (Phi) is 6.49. The highest BCUT2D eigenvalue weighted by Gasteiger charge is 2.19. The number of likely N-dealkylation sites (N-methyl/N-ethyl adjacent to an activating group) is 1. The standard InChI is InChI=1S/C21H19BrN2O4/c1-24(20(25)14-28-19-11-5-3-9-17(19)22)18-10-4-2-8-16(18)21(26)23-13-15-7-6-12-27-15/h2-12H,13-14H2,1H3,(H,23,26). The van der Waals surface area contributed by atoms with E-state index in [-0.39, 0.29) is 25.0 Å². The molecular formula is C21H19BrN2O4. The lowest BCUT2D eigenvalue weighted by atomic mass is 10.1. The molecule has 0 spiro atoms. The SMILES string of the molecule is CN(C(=O)COc1ccccc1Br)c1ccccc1C(=O)NCc1ccco1. The predicted molar refractivity (Wildman–Crippen MR) is 109 cm³/mol. The van der Waals surface area contributed by atoms with Crippen molar-refractivity contribution in [3.8, 4) is 5.75 Å². The number of furan rings is 1. The number of halogens is 1. The fourth-order valence-electron chi connectivity index (χ4n) is 2.57. The van der Waals surface area contributed by atoms with E-state index in [2.05, 4.69) is 21.2 Å². The number of nitrogens with zero attached hydrogens (tertiary/aromatic N) is 1. The number of amides is 2. The Morgan fingerprint density at radius 3 is 2.57 bits per heavy atom. The molecule has 7 heteroatoms. The third kappa shape index (κ3) is 4.80. The van der Waals surface area contributed by atoms with Crippen LogP contribution in [0.1, 0.15) is 16.1 Å². The molecule has 2 amide bonds. The fourth-order valence-corrected chi connectivity index (χ4v) is 2.97. The number of carbonyl (C=O) groups is 2. The Morgan fingerprint density at radius 1 is 1.07 bits per heavy atom. The lowest BCUT2D eigenvalue weighted by Gasteiger charge is -2.20. The van der Waals surface area contributed by atoms with Gasteiger partial charge < -0.3 is 19.4 Å². The van der Waals surface area contributed by atoms with Crippen LogP contribution >= 0.6 is 15.9 Å². The van der Waals surface area contributed by atoms with Gasteiger partial charge in [-0.05, 0) is 52.3 Å². The highest BCUT2D eigenvalue weighted by Crippen LogP contribution is 2.24. The summed E-state index contributed by atoms with van der Waals surface area (Å²) < 4.78 is 11.6. The Labute approximate surface area is 171 Å². The van der Waals surface area contributed by atoms with Crippen molar-refractivity contribution in [1.82, 2.24) is 5.32 Å². The number of rotatable bonds is 7. The third-order valence-corrected chi connectivity index (χ3v) is 4.73. The maximum absolute atomic E-state index is 12.6. The summed E-state index contributed by atoms with van der Waals surface area (Å²) in [5, 5.41) is 2.79. The van der Waals surface area contributed by atoms with E-state index in [4.69, 9.17) is 9.15 Å². The van der Waals surface area contributed by atoms with Crippen molar-refractivity contribution in [1.29, 1.82) is 0 Å². The van der Waals surface area contributed by atoms with E-state index in [0.717, 1.165) is 4.47 Å². The molecular weight excluding hydrogens is 424 g/mol. The van der Waals surface area contributed by atoms with E-state index >= 15 is 0 Å². The zero-order valence-electron chi connectivity index (χ0n) is 15.2. The van der Waals surface area contributed by atoms with Crippen LogP contribution in [0.3, 0.4) is 0 Å². The zero-order valence-corrected chi connectivity index (χ0v) is 16.8. The topological polar surface area (TPSA) is 71.8 Å². The normalized spacial score (nSPS) is 10.4. The Morgan fingerprint density at radius 2 is 1.82 bits per heavy atom. The van der Waals surface area contributed by atoms with Crippen molar-refractivity contribution in [3.05, 3.63) is 82.7 Å². The summed E-state index contributed by atoms with van der Waals surface area (Å²) in [5.74, 6) is 0.659. The van der Waals surface area contributed by atoms with Gasteiger partial charge in [0, 0.05) is 7.05 Å². The van der Waals surface area contributed by atoms with Crippen LogP contribution < -0.4 is 15.0 Å². The van der Waals surface area contributed by atoms with Crippen LogP contribution in [0.25, 0.3) is 0 Å². The molecule has 0 saturated carbocycles. The van der Waals surface area contributed by atoms with Crippen molar-refractivity contribution in [2.75, 3.05) is 18.6 Å². The molecule has 1 heterocycles. The molecule has 3 aromatic rings. The van der Waals surface area contributed by atoms with Gasteiger partial charge in [-0.2, -0.15) is 0 Å². The van der Waals surface area contributed by atoms with Gasteiger partial charge in [0.05, 0.1) is 28.5 Å². The van der Waals surface area contributed by atoms with Crippen molar-refractivity contribution in [2.45, 2.75) is 6.54 Å². The van der Waals surface area contributed by atoms with Crippen LogP contribution in [0.4, 0.5) is 5.69 Å². The summed E-state index contributed by atoms with van der Waals surface area (Å²) in [6.45, 7) is 0.116. The van der Waals surface area contributed by atoms with Crippen molar-refractivity contribution in [3.63, 3.8) is 0 Å². The molecule has 28 heavy (non-hydrogen) atoms. The van der Waals surface area contributed by atoms with E-state index in [0.29, 0.717) is 22.8 Å². The number of benzene rings is 2. The lowest BCUT2D eigenvalue weighted by Crippen LogP contribution is -2.33. The van der Waals surface area contributed by atoms with Gasteiger partial charge in [0.2, 0.25) is 0 Å². The summed E-state index contributed by atoms with van der Waals surface area (Å²) in [7, 11) is 1.62. The molecule has 0 aliphatic carbocycles. The minimum Gasteiger partial charge on any atom is -0.483 e. The van der Waals surface area contributed by atoms with Crippen LogP contribution in [0.15, 0.2) is 75.8 Å². The minimum absolute atomic E-state index is 0.151. The Balaban J connectivity index is 1.67. The molecule has 0 radical (unpaired) electrons. The van der Waals surface area contributed by atoms with Gasteiger partial charge in [0.15, 0.2) is 6.61 Å². The molecule has 1 N–H and O–H groups in total. The van der Waals surface area contributed by atoms with E-state index in [1.807, 2.05) is 18.2 Å². The summed E-state index contributed by atoms with van der Waals surface area (Å²) in [6.07, 6.45) is 1.55. The number of ether oxygens (including phenoxy) is 1. The maximum atomic E-state index is 12.6. The zero-order chi connectivity index (χ0) is 19.9. The van der Waals surface area contributed by atoms with E-state index in [1.165, 1.54) is 4.90 Å². The molecule has 0 aliphatic heterocycles. The largest absolute Gasteiger partial charge is 0.483 e. The lowest BCUT2D eigenvalue weighted by molar-refractivity contribution is -0.120. The molecule has 0 saturated heterocycles. The first-order valence-electron chi connectivity index (χ1n) is 8.59. The average molecular weight is 443 g/mol. The van der Waals surface area contributed by atoms with Crippen LogP contribution in [0.2, 0.25) is 0 Å². The van der Waals surface area contributed by atoms with Crippen LogP contribution in [0.5, 0.6) is 5.75 Å². The quantitative estimate of drug-likeness (QED) is 0.599.